The van der Waals surface area contributed by atoms with Crippen LogP contribution in [0.15, 0.2) is 4.99 Å². The van der Waals surface area contributed by atoms with Gasteiger partial charge < -0.3 is 16.4 Å². The second-order valence-electron chi connectivity index (χ2n) is 8.45. The van der Waals surface area contributed by atoms with Crippen LogP contribution in [0.1, 0.15) is 90.4 Å². The molecule has 0 radical (unpaired) electrons. The molecule has 24 heavy (non-hydrogen) atoms. The second kappa shape index (κ2) is 9.07. The molecule has 0 aromatic carbocycles. The van der Waals surface area contributed by atoms with Crippen LogP contribution >= 0.6 is 0 Å². The molecule has 4 nitrogen and oxygen atoms in total. The third kappa shape index (κ3) is 5.11. The van der Waals surface area contributed by atoms with Crippen molar-refractivity contribution in [3.05, 3.63) is 0 Å². The lowest BCUT2D eigenvalue weighted by molar-refractivity contribution is 0.265. The quantitative estimate of drug-likeness (QED) is 0.545. The fourth-order valence-electron chi connectivity index (χ4n) is 4.73. The molecular formula is C20H38N4. The Morgan fingerprint density at radius 1 is 0.792 bits per heavy atom. The first kappa shape index (κ1) is 18.0. The van der Waals surface area contributed by atoms with Crippen molar-refractivity contribution in [2.45, 2.75) is 115 Å². The van der Waals surface area contributed by atoms with Crippen molar-refractivity contribution < 1.29 is 0 Å². The van der Waals surface area contributed by atoms with Gasteiger partial charge in [0, 0.05) is 18.1 Å². The van der Waals surface area contributed by atoms with Crippen LogP contribution in [-0.2, 0) is 0 Å². The third-order valence-corrected chi connectivity index (χ3v) is 6.52. The summed E-state index contributed by atoms with van der Waals surface area (Å²) in [6.45, 7) is 2.31. The standard InChI is InChI=1S/C20H38N4/c1-15-18(21)13-8-14-19(15)24-20(22-16-9-4-2-5-10-16)23-17-11-6-3-7-12-17/h15-19H,2-14,21H2,1H3,(H2,22,23,24). The zero-order valence-corrected chi connectivity index (χ0v) is 15.6. The van der Waals surface area contributed by atoms with Gasteiger partial charge in [-0.25, -0.2) is 4.99 Å². The minimum absolute atomic E-state index is 0.335. The molecule has 0 amide bonds. The molecule has 3 aliphatic rings. The molecule has 3 aliphatic carbocycles. The van der Waals surface area contributed by atoms with E-state index in [1.807, 2.05) is 0 Å². The summed E-state index contributed by atoms with van der Waals surface area (Å²) in [4.78, 5) is 5.14. The van der Waals surface area contributed by atoms with E-state index < -0.39 is 0 Å². The Morgan fingerprint density at radius 2 is 1.46 bits per heavy atom. The minimum atomic E-state index is 0.335. The number of rotatable bonds is 3. The summed E-state index contributed by atoms with van der Waals surface area (Å²) in [6, 6.07) is 1.94. The lowest BCUT2D eigenvalue weighted by atomic mass is 9.82. The lowest BCUT2D eigenvalue weighted by Crippen LogP contribution is -2.54. The van der Waals surface area contributed by atoms with Crippen LogP contribution in [0.3, 0.4) is 0 Å². The van der Waals surface area contributed by atoms with Crippen molar-refractivity contribution in [2.24, 2.45) is 16.6 Å². The first-order chi connectivity index (χ1) is 11.7. The van der Waals surface area contributed by atoms with Crippen LogP contribution in [0, 0.1) is 5.92 Å². The summed E-state index contributed by atoms with van der Waals surface area (Å²) in [5.74, 6) is 1.61. The predicted molar refractivity (Wildman–Crippen MR) is 102 cm³/mol. The zero-order chi connectivity index (χ0) is 16.8. The van der Waals surface area contributed by atoms with E-state index >= 15 is 0 Å². The van der Waals surface area contributed by atoms with Gasteiger partial charge in [0.2, 0.25) is 0 Å². The summed E-state index contributed by atoms with van der Waals surface area (Å²) >= 11 is 0. The van der Waals surface area contributed by atoms with Gasteiger partial charge in [0.15, 0.2) is 5.96 Å². The Balaban J connectivity index is 1.64. The lowest BCUT2D eigenvalue weighted by Gasteiger charge is -2.36. The van der Waals surface area contributed by atoms with Gasteiger partial charge in [-0.2, -0.15) is 0 Å². The number of aliphatic imine (C=N–C) groups is 1. The van der Waals surface area contributed by atoms with Crippen molar-refractivity contribution in [3.8, 4) is 0 Å². The number of guanidine groups is 1. The summed E-state index contributed by atoms with van der Waals surface area (Å²) < 4.78 is 0. The normalized spacial score (nSPS) is 34.1. The highest BCUT2D eigenvalue weighted by Crippen LogP contribution is 2.24. The highest BCUT2D eigenvalue weighted by atomic mass is 15.2. The highest BCUT2D eigenvalue weighted by molar-refractivity contribution is 5.80. The smallest absolute Gasteiger partial charge is 0.191 e. The number of hydrogen-bond acceptors (Lipinski definition) is 2. The number of nitrogens with two attached hydrogens (primary N) is 1. The zero-order valence-electron chi connectivity index (χ0n) is 15.6. The molecule has 138 valence electrons. The van der Waals surface area contributed by atoms with Crippen LogP contribution in [0.25, 0.3) is 0 Å². The summed E-state index contributed by atoms with van der Waals surface area (Å²) in [6.07, 6.45) is 16.9. The van der Waals surface area contributed by atoms with Crippen molar-refractivity contribution in [1.29, 1.82) is 0 Å². The van der Waals surface area contributed by atoms with E-state index in [2.05, 4.69) is 17.6 Å². The van der Waals surface area contributed by atoms with Crippen LogP contribution in [0.2, 0.25) is 0 Å². The predicted octanol–water partition coefficient (Wildman–Crippen LogP) is 3.70. The Hall–Kier alpha value is -0.770. The molecule has 0 bridgehead atoms. The molecular weight excluding hydrogens is 296 g/mol. The van der Waals surface area contributed by atoms with Gasteiger partial charge in [0.1, 0.15) is 0 Å². The van der Waals surface area contributed by atoms with E-state index in [0.717, 1.165) is 5.96 Å². The maximum absolute atomic E-state index is 6.31. The van der Waals surface area contributed by atoms with E-state index in [0.29, 0.717) is 30.1 Å². The van der Waals surface area contributed by atoms with Crippen LogP contribution in [0.4, 0.5) is 0 Å². The fraction of sp³-hybridized carbons (Fsp3) is 0.950. The fourth-order valence-corrected chi connectivity index (χ4v) is 4.73. The Labute approximate surface area is 148 Å². The molecule has 3 rings (SSSR count). The first-order valence-electron chi connectivity index (χ1n) is 10.6. The van der Waals surface area contributed by atoms with E-state index in [1.54, 1.807) is 0 Å². The van der Waals surface area contributed by atoms with Crippen molar-refractivity contribution in [3.63, 3.8) is 0 Å². The SMILES string of the molecule is CC1C(N)CCCC1NC(=NC1CCCCC1)NC1CCCCC1. The molecule has 0 spiro atoms. The van der Waals surface area contributed by atoms with Gasteiger partial charge in [-0.3, -0.25) is 0 Å². The van der Waals surface area contributed by atoms with E-state index in [1.165, 1.54) is 83.5 Å². The van der Waals surface area contributed by atoms with Crippen LogP contribution < -0.4 is 16.4 Å². The Kier molecular flexibility index (Phi) is 6.82. The Morgan fingerprint density at radius 3 is 2.17 bits per heavy atom. The molecule has 0 aromatic rings. The number of hydrogen-bond donors (Lipinski definition) is 3. The minimum Gasteiger partial charge on any atom is -0.354 e. The topological polar surface area (TPSA) is 62.4 Å². The van der Waals surface area contributed by atoms with Crippen molar-refractivity contribution >= 4 is 5.96 Å². The maximum Gasteiger partial charge on any atom is 0.191 e. The average Bonchev–Trinajstić information content (AvgIpc) is 2.61. The Bertz CT molecular complexity index is 396. The molecule has 3 saturated carbocycles. The first-order valence-corrected chi connectivity index (χ1v) is 10.6. The molecule has 0 aliphatic heterocycles. The van der Waals surface area contributed by atoms with Gasteiger partial charge in [-0.15, -0.1) is 0 Å². The van der Waals surface area contributed by atoms with Gasteiger partial charge in [0.05, 0.1) is 6.04 Å². The molecule has 0 saturated heterocycles. The average molecular weight is 335 g/mol. The summed E-state index contributed by atoms with van der Waals surface area (Å²) in [5, 5.41) is 7.57. The molecule has 0 heterocycles. The summed E-state index contributed by atoms with van der Waals surface area (Å²) in [5.41, 5.74) is 6.31. The third-order valence-electron chi connectivity index (χ3n) is 6.52. The second-order valence-corrected chi connectivity index (χ2v) is 8.45. The van der Waals surface area contributed by atoms with Crippen molar-refractivity contribution in [2.75, 3.05) is 0 Å². The van der Waals surface area contributed by atoms with Gasteiger partial charge in [-0.1, -0.05) is 45.4 Å². The molecule has 3 atom stereocenters. The van der Waals surface area contributed by atoms with E-state index in [-0.39, 0.29) is 0 Å². The van der Waals surface area contributed by atoms with Gasteiger partial charge >= 0.3 is 0 Å². The van der Waals surface area contributed by atoms with E-state index in [4.69, 9.17) is 10.7 Å². The molecule has 4 N–H and O–H groups in total. The summed E-state index contributed by atoms with van der Waals surface area (Å²) in [7, 11) is 0. The largest absolute Gasteiger partial charge is 0.354 e. The van der Waals surface area contributed by atoms with E-state index in [9.17, 15) is 0 Å². The van der Waals surface area contributed by atoms with Gasteiger partial charge in [-0.05, 0) is 50.9 Å². The number of nitrogens with zero attached hydrogens (tertiary/aromatic N) is 1. The monoisotopic (exact) mass is 334 g/mol. The number of nitrogens with one attached hydrogen (secondary N) is 2. The maximum atomic E-state index is 6.31. The van der Waals surface area contributed by atoms with Crippen LogP contribution in [0.5, 0.6) is 0 Å². The molecule has 4 heteroatoms. The van der Waals surface area contributed by atoms with Gasteiger partial charge in [0.25, 0.3) is 0 Å². The van der Waals surface area contributed by atoms with Crippen LogP contribution in [-0.4, -0.2) is 30.1 Å². The molecule has 3 fully saturated rings. The molecule has 0 aromatic heterocycles. The molecule has 3 unspecified atom stereocenters. The highest BCUT2D eigenvalue weighted by Gasteiger charge is 2.29. The van der Waals surface area contributed by atoms with Crippen molar-refractivity contribution in [1.82, 2.24) is 10.6 Å².